The van der Waals surface area contributed by atoms with Crippen molar-refractivity contribution in [1.29, 1.82) is 0 Å². The number of aryl methyl sites for hydroxylation is 1. The first-order valence-corrected chi connectivity index (χ1v) is 7.14. The first-order chi connectivity index (χ1) is 9.49. The van der Waals surface area contributed by atoms with Gasteiger partial charge in [-0.3, -0.25) is 4.79 Å². The van der Waals surface area contributed by atoms with Gasteiger partial charge >= 0.3 is 5.97 Å². The molecule has 1 amide bonds. The van der Waals surface area contributed by atoms with Crippen molar-refractivity contribution in [2.45, 2.75) is 46.5 Å². The number of nitrogens with one attached hydrogen (secondary N) is 1. The summed E-state index contributed by atoms with van der Waals surface area (Å²) in [4.78, 5) is 23.1. The van der Waals surface area contributed by atoms with Crippen molar-refractivity contribution >= 4 is 17.6 Å². The second kappa shape index (κ2) is 7.68. The van der Waals surface area contributed by atoms with E-state index in [0.29, 0.717) is 5.69 Å². The van der Waals surface area contributed by atoms with E-state index in [1.165, 1.54) is 6.07 Å². The summed E-state index contributed by atoms with van der Waals surface area (Å²) < 4.78 is 0. The van der Waals surface area contributed by atoms with Gasteiger partial charge in [0.1, 0.15) is 0 Å². The first kappa shape index (κ1) is 16.2. The number of carboxylic acids is 1. The molecule has 0 heterocycles. The Hall–Kier alpha value is -1.84. The maximum atomic E-state index is 12.2. The number of carbonyl (C=O) groups excluding carboxylic acids is 1. The second-order valence-corrected chi connectivity index (χ2v) is 5.10. The molecule has 0 fully saturated rings. The topological polar surface area (TPSA) is 66.4 Å². The number of hydrogen-bond acceptors (Lipinski definition) is 2. The van der Waals surface area contributed by atoms with Gasteiger partial charge < -0.3 is 10.4 Å². The lowest BCUT2D eigenvalue weighted by Crippen LogP contribution is -2.23. The quantitative estimate of drug-likeness (QED) is 0.795. The van der Waals surface area contributed by atoms with Gasteiger partial charge in [-0.05, 0) is 43.5 Å². The highest BCUT2D eigenvalue weighted by atomic mass is 16.4. The fourth-order valence-electron chi connectivity index (χ4n) is 2.28. The van der Waals surface area contributed by atoms with E-state index in [1.54, 1.807) is 19.1 Å². The Morgan fingerprint density at radius 3 is 2.25 bits per heavy atom. The van der Waals surface area contributed by atoms with Crippen molar-refractivity contribution in [3.8, 4) is 0 Å². The van der Waals surface area contributed by atoms with Crippen LogP contribution in [0.1, 0.15) is 55.5 Å². The Labute approximate surface area is 120 Å². The van der Waals surface area contributed by atoms with E-state index in [9.17, 15) is 9.59 Å². The predicted octanol–water partition coefficient (Wildman–Crippen LogP) is 3.85. The Morgan fingerprint density at radius 1 is 1.20 bits per heavy atom. The average Bonchev–Trinajstić information content (AvgIpc) is 2.40. The summed E-state index contributed by atoms with van der Waals surface area (Å²) in [5.74, 6) is -0.899. The summed E-state index contributed by atoms with van der Waals surface area (Å²) in [6.45, 7) is 5.95. The monoisotopic (exact) mass is 277 g/mol. The summed E-state index contributed by atoms with van der Waals surface area (Å²) in [5, 5.41) is 11.8. The number of carbonyl (C=O) groups is 2. The van der Waals surface area contributed by atoms with Crippen molar-refractivity contribution in [3.63, 3.8) is 0 Å². The first-order valence-electron chi connectivity index (χ1n) is 7.14. The average molecular weight is 277 g/mol. The highest BCUT2D eigenvalue weighted by molar-refractivity contribution is 5.94. The number of anilines is 1. The number of carboxylic acid groups (broad SMARTS) is 1. The minimum Gasteiger partial charge on any atom is -0.478 e. The number of aromatic carboxylic acids is 1. The number of benzene rings is 1. The molecule has 0 bridgehead atoms. The smallest absolute Gasteiger partial charge is 0.335 e. The van der Waals surface area contributed by atoms with Crippen LogP contribution in [-0.4, -0.2) is 17.0 Å². The van der Waals surface area contributed by atoms with Crippen LogP contribution in [0, 0.1) is 12.8 Å². The molecule has 0 spiro atoms. The molecule has 0 aliphatic carbocycles. The summed E-state index contributed by atoms with van der Waals surface area (Å²) in [5.41, 5.74) is 1.70. The summed E-state index contributed by atoms with van der Waals surface area (Å²) in [7, 11) is 0. The van der Waals surface area contributed by atoms with Gasteiger partial charge in [-0.1, -0.05) is 26.7 Å². The van der Waals surface area contributed by atoms with Crippen LogP contribution in [0.5, 0.6) is 0 Å². The SMILES string of the molecule is CCCC(CCC)C(=O)Nc1ccc(C(=O)O)cc1C. The molecule has 1 rings (SSSR count). The van der Waals surface area contributed by atoms with Gasteiger partial charge in [-0.25, -0.2) is 4.79 Å². The molecule has 2 N–H and O–H groups in total. The maximum Gasteiger partial charge on any atom is 0.335 e. The molecule has 0 atom stereocenters. The minimum absolute atomic E-state index is 0.0277. The van der Waals surface area contributed by atoms with Crippen LogP contribution in [0.25, 0.3) is 0 Å². The van der Waals surface area contributed by atoms with Gasteiger partial charge in [0, 0.05) is 11.6 Å². The van der Waals surface area contributed by atoms with E-state index < -0.39 is 5.97 Å². The van der Waals surface area contributed by atoms with E-state index in [0.717, 1.165) is 31.2 Å². The molecule has 4 heteroatoms. The maximum absolute atomic E-state index is 12.2. The summed E-state index contributed by atoms with van der Waals surface area (Å²) in [6, 6.07) is 4.75. The van der Waals surface area contributed by atoms with Crippen molar-refractivity contribution in [2.24, 2.45) is 5.92 Å². The van der Waals surface area contributed by atoms with Gasteiger partial charge in [-0.15, -0.1) is 0 Å². The van der Waals surface area contributed by atoms with Crippen molar-refractivity contribution in [2.75, 3.05) is 5.32 Å². The van der Waals surface area contributed by atoms with Crippen LogP contribution in [0.4, 0.5) is 5.69 Å². The third kappa shape index (κ3) is 4.37. The Morgan fingerprint density at radius 2 is 1.80 bits per heavy atom. The molecule has 0 unspecified atom stereocenters. The molecule has 0 aromatic heterocycles. The molecular formula is C16H23NO3. The molecule has 20 heavy (non-hydrogen) atoms. The Bertz CT molecular complexity index is 477. The molecule has 110 valence electrons. The normalized spacial score (nSPS) is 10.6. The fourth-order valence-corrected chi connectivity index (χ4v) is 2.28. The minimum atomic E-state index is -0.958. The zero-order valence-corrected chi connectivity index (χ0v) is 12.4. The lowest BCUT2D eigenvalue weighted by Gasteiger charge is -2.16. The molecule has 0 aliphatic heterocycles. The summed E-state index contributed by atoms with van der Waals surface area (Å²) >= 11 is 0. The summed E-state index contributed by atoms with van der Waals surface area (Å²) in [6.07, 6.45) is 3.72. The van der Waals surface area contributed by atoms with Crippen LogP contribution in [-0.2, 0) is 4.79 Å². The van der Waals surface area contributed by atoms with Crippen LogP contribution in [0.2, 0.25) is 0 Å². The van der Waals surface area contributed by atoms with Crippen LogP contribution in [0.3, 0.4) is 0 Å². The van der Waals surface area contributed by atoms with E-state index in [4.69, 9.17) is 5.11 Å². The highest BCUT2D eigenvalue weighted by Crippen LogP contribution is 2.20. The molecule has 0 aliphatic rings. The fraction of sp³-hybridized carbons (Fsp3) is 0.500. The zero-order chi connectivity index (χ0) is 15.1. The van der Waals surface area contributed by atoms with Crippen molar-refractivity contribution in [3.05, 3.63) is 29.3 Å². The number of rotatable bonds is 7. The van der Waals surface area contributed by atoms with Crippen LogP contribution >= 0.6 is 0 Å². The predicted molar refractivity (Wildman–Crippen MR) is 80.1 cm³/mol. The van der Waals surface area contributed by atoms with Gasteiger partial charge in [0.2, 0.25) is 5.91 Å². The van der Waals surface area contributed by atoms with Crippen molar-refractivity contribution < 1.29 is 14.7 Å². The molecule has 1 aromatic carbocycles. The van der Waals surface area contributed by atoms with Gasteiger partial charge in [0.25, 0.3) is 0 Å². The van der Waals surface area contributed by atoms with Crippen LogP contribution < -0.4 is 5.32 Å². The lowest BCUT2D eigenvalue weighted by molar-refractivity contribution is -0.120. The largest absolute Gasteiger partial charge is 0.478 e. The molecule has 0 saturated heterocycles. The third-order valence-electron chi connectivity index (χ3n) is 3.38. The van der Waals surface area contributed by atoms with Gasteiger partial charge in [0.15, 0.2) is 0 Å². The Balaban J connectivity index is 2.81. The van der Waals surface area contributed by atoms with Crippen molar-refractivity contribution in [1.82, 2.24) is 0 Å². The number of amides is 1. The lowest BCUT2D eigenvalue weighted by atomic mass is 9.97. The number of hydrogen-bond donors (Lipinski definition) is 2. The van der Waals surface area contributed by atoms with E-state index in [2.05, 4.69) is 19.2 Å². The third-order valence-corrected chi connectivity index (χ3v) is 3.38. The molecule has 0 radical (unpaired) electrons. The zero-order valence-electron chi connectivity index (χ0n) is 12.4. The van der Waals surface area contributed by atoms with E-state index >= 15 is 0 Å². The molecule has 0 saturated carbocycles. The second-order valence-electron chi connectivity index (χ2n) is 5.10. The van der Waals surface area contributed by atoms with E-state index in [-0.39, 0.29) is 17.4 Å². The van der Waals surface area contributed by atoms with Gasteiger partial charge in [0.05, 0.1) is 5.56 Å². The standard InChI is InChI=1S/C16H23NO3/c1-4-6-12(7-5-2)15(18)17-14-9-8-13(16(19)20)10-11(14)3/h8-10,12H,4-7H2,1-3H3,(H,17,18)(H,19,20). The molecule has 4 nitrogen and oxygen atoms in total. The van der Waals surface area contributed by atoms with Crippen LogP contribution in [0.15, 0.2) is 18.2 Å². The van der Waals surface area contributed by atoms with E-state index in [1.807, 2.05) is 0 Å². The van der Waals surface area contributed by atoms with Gasteiger partial charge in [-0.2, -0.15) is 0 Å². The molecule has 1 aromatic rings. The highest BCUT2D eigenvalue weighted by Gasteiger charge is 2.17. The molecular weight excluding hydrogens is 254 g/mol. The Kier molecular flexibility index (Phi) is 6.22.